The minimum atomic E-state index is -0.286. The second kappa shape index (κ2) is 8.04. The summed E-state index contributed by atoms with van der Waals surface area (Å²) in [5, 5.41) is 11.1. The van der Waals surface area contributed by atoms with Crippen molar-refractivity contribution in [3.8, 4) is 5.75 Å². The lowest BCUT2D eigenvalue weighted by Gasteiger charge is -2.24. The Morgan fingerprint density at radius 3 is 2.86 bits per heavy atom. The number of fused-ring (bicyclic) bond motifs is 1. The third-order valence-electron chi connectivity index (χ3n) is 4.63. The van der Waals surface area contributed by atoms with Crippen LogP contribution in [0.4, 0.5) is 5.69 Å². The first kappa shape index (κ1) is 18.5. The van der Waals surface area contributed by atoms with E-state index in [-0.39, 0.29) is 18.6 Å². The second-order valence-corrected chi connectivity index (χ2v) is 7.21. The lowest BCUT2D eigenvalue weighted by molar-refractivity contribution is -0.00173. The molecule has 1 unspecified atom stereocenters. The molecule has 2 aromatic carbocycles. The van der Waals surface area contributed by atoms with E-state index in [1.165, 1.54) is 0 Å². The van der Waals surface area contributed by atoms with Crippen molar-refractivity contribution in [2.24, 2.45) is 0 Å². The number of hydrogen-bond acceptors (Lipinski definition) is 6. The Bertz CT molecular complexity index is 987. The van der Waals surface area contributed by atoms with Crippen molar-refractivity contribution in [3.63, 3.8) is 0 Å². The molecule has 0 aliphatic carbocycles. The molecule has 0 bridgehead atoms. The van der Waals surface area contributed by atoms with Gasteiger partial charge in [-0.3, -0.25) is 4.79 Å². The molecule has 1 atom stereocenters. The molecule has 3 aromatic rings. The maximum absolute atomic E-state index is 12.7. The highest BCUT2D eigenvalue weighted by Gasteiger charge is 2.27. The number of rotatable bonds is 5. The zero-order chi connectivity index (χ0) is 19.5. The van der Waals surface area contributed by atoms with Crippen LogP contribution < -0.4 is 10.1 Å². The molecule has 1 aliphatic heterocycles. The van der Waals surface area contributed by atoms with E-state index in [2.05, 4.69) is 15.6 Å². The molecule has 1 aromatic heterocycles. The van der Waals surface area contributed by atoms with Gasteiger partial charge in [-0.05, 0) is 42.2 Å². The topological polar surface area (TPSA) is 78.3 Å². The van der Waals surface area contributed by atoms with E-state index in [9.17, 15) is 4.79 Å². The molecule has 7 nitrogen and oxygen atoms in total. The number of nitrogens with one attached hydrogen (secondary N) is 1. The Morgan fingerprint density at radius 2 is 2.11 bits per heavy atom. The van der Waals surface area contributed by atoms with Gasteiger partial charge in [0.05, 0.1) is 26.0 Å². The Morgan fingerprint density at radius 1 is 1.29 bits per heavy atom. The molecule has 2 heterocycles. The van der Waals surface area contributed by atoms with Crippen molar-refractivity contribution < 1.29 is 14.3 Å². The fourth-order valence-corrected chi connectivity index (χ4v) is 3.56. The van der Waals surface area contributed by atoms with Crippen LogP contribution in [0.25, 0.3) is 0 Å². The maximum Gasteiger partial charge on any atom is 0.278 e. The number of carbonyl (C=O) groups is 1. The van der Waals surface area contributed by atoms with Crippen molar-refractivity contribution in [2.45, 2.75) is 24.2 Å². The van der Waals surface area contributed by atoms with Crippen LogP contribution in [0.5, 0.6) is 5.75 Å². The molecule has 0 spiro atoms. The van der Waals surface area contributed by atoms with Gasteiger partial charge in [-0.1, -0.05) is 23.4 Å². The van der Waals surface area contributed by atoms with Crippen molar-refractivity contribution in [1.82, 2.24) is 15.0 Å². The number of nitrogens with zero attached hydrogens (tertiary/aromatic N) is 3. The molecule has 0 saturated carbocycles. The van der Waals surface area contributed by atoms with Gasteiger partial charge in [-0.25, -0.2) is 4.68 Å². The number of thioether (sulfide) groups is 1. The predicted octanol–water partition coefficient (Wildman–Crippen LogP) is 3.53. The van der Waals surface area contributed by atoms with Gasteiger partial charge in [0.25, 0.3) is 5.91 Å². The molecular formula is C20H20N4O3S. The van der Waals surface area contributed by atoms with Crippen LogP contribution >= 0.6 is 11.8 Å². The van der Waals surface area contributed by atoms with E-state index in [1.807, 2.05) is 54.8 Å². The van der Waals surface area contributed by atoms with Crippen LogP contribution in [0.15, 0.2) is 53.4 Å². The summed E-state index contributed by atoms with van der Waals surface area (Å²) in [6.45, 7) is 0.779. The first-order valence-electron chi connectivity index (χ1n) is 8.81. The van der Waals surface area contributed by atoms with Gasteiger partial charge in [-0.15, -0.1) is 16.9 Å². The summed E-state index contributed by atoms with van der Waals surface area (Å²) in [4.78, 5) is 13.7. The quantitative estimate of drug-likeness (QED) is 0.665. The summed E-state index contributed by atoms with van der Waals surface area (Å²) in [5.41, 5.74) is 2.74. The highest BCUT2D eigenvalue weighted by molar-refractivity contribution is 7.98. The van der Waals surface area contributed by atoms with E-state index in [1.54, 1.807) is 23.6 Å². The number of anilines is 1. The Labute approximate surface area is 167 Å². The van der Waals surface area contributed by atoms with Gasteiger partial charge in [0.15, 0.2) is 5.69 Å². The van der Waals surface area contributed by atoms with E-state index >= 15 is 0 Å². The van der Waals surface area contributed by atoms with Crippen molar-refractivity contribution >= 4 is 23.4 Å². The van der Waals surface area contributed by atoms with Crippen LogP contribution in [0.1, 0.15) is 27.8 Å². The van der Waals surface area contributed by atoms with Gasteiger partial charge >= 0.3 is 0 Å². The Hall–Kier alpha value is -2.84. The molecule has 144 valence electrons. The standard InChI is InChI=1S/C20H20N4O3S/c1-26-15-8-6-13(7-9-15)18-11-24-17(12-27-18)19(22-23-24)20(25)21-14-4-3-5-16(10-14)28-2/h3-10,18H,11-12H2,1-2H3,(H,21,25). The normalized spacial score (nSPS) is 15.7. The van der Waals surface area contributed by atoms with Crippen LogP contribution in [0, 0.1) is 0 Å². The number of amides is 1. The van der Waals surface area contributed by atoms with Crippen molar-refractivity contribution in [2.75, 3.05) is 18.7 Å². The van der Waals surface area contributed by atoms with Gasteiger partial charge in [-0.2, -0.15) is 0 Å². The van der Waals surface area contributed by atoms with Gasteiger partial charge in [0, 0.05) is 10.6 Å². The zero-order valence-electron chi connectivity index (χ0n) is 15.6. The minimum absolute atomic E-state index is 0.144. The number of ether oxygens (including phenoxy) is 2. The average molecular weight is 396 g/mol. The maximum atomic E-state index is 12.7. The third-order valence-corrected chi connectivity index (χ3v) is 5.35. The second-order valence-electron chi connectivity index (χ2n) is 6.33. The molecule has 0 saturated heterocycles. The molecule has 1 N–H and O–H groups in total. The SMILES string of the molecule is COc1ccc(C2Cn3nnc(C(=O)Nc4cccc(SC)c4)c3CO2)cc1. The van der Waals surface area contributed by atoms with Crippen LogP contribution in [0.2, 0.25) is 0 Å². The Balaban J connectivity index is 1.49. The van der Waals surface area contributed by atoms with Crippen LogP contribution in [-0.2, 0) is 17.9 Å². The molecule has 0 fully saturated rings. The minimum Gasteiger partial charge on any atom is -0.497 e. The van der Waals surface area contributed by atoms with Crippen LogP contribution in [-0.4, -0.2) is 34.3 Å². The third kappa shape index (κ3) is 3.74. The monoisotopic (exact) mass is 396 g/mol. The summed E-state index contributed by atoms with van der Waals surface area (Å²) >= 11 is 1.62. The van der Waals surface area contributed by atoms with Gasteiger partial charge in [0.1, 0.15) is 11.9 Å². The first-order chi connectivity index (χ1) is 13.7. The van der Waals surface area contributed by atoms with Crippen molar-refractivity contribution in [1.29, 1.82) is 0 Å². The molecule has 1 amide bonds. The van der Waals surface area contributed by atoms with Crippen LogP contribution in [0.3, 0.4) is 0 Å². The number of methoxy groups -OCH3 is 1. The summed E-state index contributed by atoms with van der Waals surface area (Å²) in [6.07, 6.45) is 1.85. The summed E-state index contributed by atoms with van der Waals surface area (Å²) < 4.78 is 12.9. The molecule has 0 radical (unpaired) electrons. The molecule has 28 heavy (non-hydrogen) atoms. The van der Waals surface area contributed by atoms with Gasteiger partial charge in [0.2, 0.25) is 0 Å². The number of benzene rings is 2. The number of aromatic nitrogens is 3. The molecule has 8 heteroatoms. The summed E-state index contributed by atoms with van der Waals surface area (Å²) in [5.74, 6) is 0.511. The molecule has 1 aliphatic rings. The Kier molecular flexibility index (Phi) is 5.31. The highest BCUT2D eigenvalue weighted by atomic mass is 32.2. The summed E-state index contributed by atoms with van der Waals surface area (Å²) in [6, 6.07) is 15.4. The lowest BCUT2D eigenvalue weighted by atomic mass is 10.1. The van der Waals surface area contributed by atoms with E-state index in [4.69, 9.17) is 9.47 Å². The fraction of sp³-hybridized carbons (Fsp3) is 0.250. The van der Waals surface area contributed by atoms with E-state index in [0.29, 0.717) is 17.9 Å². The molecule has 4 rings (SSSR count). The zero-order valence-corrected chi connectivity index (χ0v) is 16.4. The predicted molar refractivity (Wildman–Crippen MR) is 107 cm³/mol. The lowest BCUT2D eigenvalue weighted by Crippen LogP contribution is -2.24. The van der Waals surface area contributed by atoms with Crippen molar-refractivity contribution in [3.05, 3.63) is 65.5 Å². The van der Waals surface area contributed by atoms with E-state index < -0.39 is 0 Å². The smallest absolute Gasteiger partial charge is 0.278 e. The van der Waals surface area contributed by atoms with E-state index in [0.717, 1.165) is 21.9 Å². The number of hydrogen-bond donors (Lipinski definition) is 1. The molecular weight excluding hydrogens is 376 g/mol. The first-order valence-corrected chi connectivity index (χ1v) is 10.0. The summed E-state index contributed by atoms with van der Waals surface area (Å²) in [7, 11) is 1.64. The fourth-order valence-electron chi connectivity index (χ4n) is 3.10. The largest absolute Gasteiger partial charge is 0.497 e. The van der Waals surface area contributed by atoms with Gasteiger partial charge < -0.3 is 14.8 Å². The number of carbonyl (C=O) groups excluding carboxylic acids is 1. The highest BCUT2D eigenvalue weighted by Crippen LogP contribution is 2.28. The average Bonchev–Trinajstić information content (AvgIpc) is 3.17.